The molecule has 1 fully saturated rings. The average Bonchev–Trinajstić information content (AvgIpc) is 3.02. The van der Waals surface area contributed by atoms with Gasteiger partial charge in [0.15, 0.2) is 21.3 Å². The Morgan fingerprint density at radius 2 is 2.29 bits per heavy atom. The summed E-state index contributed by atoms with van der Waals surface area (Å²) in [5, 5.41) is 5.99. The van der Waals surface area contributed by atoms with Gasteiger partial charge in [0.05, 0.1) is 17.2 Å². The summed E-state index contributed by atoms with van der Waals surface area (Å²) in [7, 11) is -2.95. The fraction of sp³-hybridized carbons (Fsp3) is 0.538. The van der Waals surface area contributed by atoms with Crippen LogP contribution in [0.25, 0.3) is 5.65 Å². The summed E-state index contributed by atoms with van der Waals surface area (Å²) in [5.74, 6) is 1.64. The van der Waals surface area contributed by atoms with Gasteiger partial charge in [-0.3, -0.25) is 0 Å². The fourth-order valence-electron chi connectivity index (χ4n) is 2.61. The van der Waals surface area contributed by atoms with Crippen LogP contribution >= 0.6 is 0 Å². The molecule has 0 spiro atoms. The normalized spacial score (nSPS) is 20.7. The van der Waals surface area contributed by atoms with Gasteiger partial charge in [-0.2, -0.15) is 0 Å². The zero-order valence-corrected chi connectivity index (χ0v) is 12.7. The summed E-state index contributed by atoms with van der Waals surface area (Å²) in [4.78, 5) is 8.73. The predicted octanol–water partition coefficient (Wildman–Crippen LogP) is 1.15. The lowest BCUT2D eigenvalue weighted by atomic mass is 10.2. The second kappa shape index (κ2) is 5.51. The molecule has 1 aliphatic rings. The van der Waals surface area contributed by atoms with Crippen LogP contribution in [0, 0.1) is 0 Å². The topological polar surface area (TPSA) is 88.4 Å². The van der Waals surface area contributed by atoms with Gasteiger partial charge in [-0.15, -0.1) is 0 Å². The van der Waals surface area contributed by atoms with Crippen LogP contribution in [0.1, 0.15) is 19.8 Å². The van der Waals surface area contributed by atoms with E-state index in [9.17, 15) is 8.42 Å². The quantitative estimate of drug-likeness (QED) is 0.861. The molecule has 2 aromatic heterocycles. The molecule has 0 amide bonds. The molecule has 21 heavy (non-hydrogen) atoms. The maximum Gasteiger partial charge on any atom is 0.180 e. The van der Waals surface area contributed by atoms with Crippen molar-refractivity contribution in [2.24, 2.45) is 0 Å². The highest BCUT2D eigenvalue weighted by atomic mass is 32.2. The molecule has 2 N–H and O–H groups in total. The Morgan fingerprint density at radius 1 is 1.43 bits per heavy atom. The van der Waals surface area contributed by atoms with Crippen LogP contribution in [-0.4, -0.2) is 46.9 Å². The van der Waals surface area contributed by atoms with E-state index in [-0.39, 0.29) is 5.25 Å². The van der Waals surface area contributed by atoms with Gasteiger partial charge in [0.25, 0.3) is 0 Å². The number of nitrogens with zero attached hydrogens (tertiary/aromatic N) is 3. The molecule has 0 saturated carbocycles. The SMILES string of the molecule is CCNc1cn2ccnc2c(NCC2CCCS2(=O)=O)n1. The lowest BCUT2D eigenvalue weighted by Gasteiger charge is -2.13. The van der Waals surface area contributed by atoms with Crippen LogP contribution in [0.15, 0.2) is 18.6 Å². The summed E-state index contributed by atoms with van der Waals surface area (Å²) < 4.78 is 25.6. The number of imidazole rings is 1. The van der Waals surface area contributed by atoms with Gasteiger partial charge in [-0.05, 0) is 19.8 Å². The molecule has 3 heterocycles. The molecule has 0 aromatic carbocycles. The Labute approximate surface area is 123 Å². The van der Waals surface area contributed by atoms with Gasteiger partial charge in [0, 0.05) is 25.5 Å². The number of hydrogen-bond acceptors (Lipinski definition) is 6. The zero-order chi connectivity index (χ0) is 14.9. The van der Waals surface area contributed by atoms with Crippen LogP contribution < -0.4 is 10.6 Å². The Bertz CT molecular complexity index is 740. The van der Waals surface area contributed by atoms with Crippen molar-refractivity contribution < 1.29 is 8.42 Å². The number of hydrogen-bond donors (Lipinski definition) is 2. The second-order valence-corrected chi connectivity index (χ2v) is 7.58. The number of aromatic nitrogens is 3. The van der Waals surface area contributed by atoms with Crippen molar-refractivity contribution in [1.82, 2.24) is 14.4 Å². The van der Waals surface area contributed by atoms with E-state index in [1.54, 1.807) is 6.20 Å². The van der Waals surface area contributed by atoms with E-state index < -0.39 is 9.84 Å². The molecular weight excluding hydrogens is 290 g/mol. The highest BCUT2D eigenvalue weighted by Gasteiger charge is 2.31. The zero-order valence-electron chi connectivity index (χ0n) is 11.9. The molecule has 0 radical (unpaired) electrons. The summed E-state index contributed by atoms with van der Waals surface area (Å²) in [6.07, 6.45) is 6.87. The molecule has 7 nitrogen and oxygen atoms in total. The lowest BCUT2D eigenvalue weighted by molar-refractivity contribution is 0.591. The van der Waals surface area contributed by atoms with E-state index in [1.165, 1.54) is 0 Å². The van der Waals surface area contributed by atoms with Gasteiger partial charge in [-0.1, -0.05) is 0 Å². The number of anilines is 2. The Balaban J connectivity index is 1.84. The summed E-state index contributed by atoms with van der Waals surface area (Å²) in [6, 6.07) is 0. The first kappa shape index (κ1) is 14.1. The summed E-state index contributed by atoms with van der Waals surface area (Å²) >= 11 is 0. The van der Waals surface area contributed by atoms with E-state index >= 15 is 0 Å². The van der Waals surface area contributed by atoms with E-state index in [0.29, 0.717) is 30.2 Å². The number of fused-ring (bicyclic) bond motifs is 1. The average molecular weight is 309 g/mol. The molecule has 2 aromatic rings. The minimum absolute atomic E-state index is 0.295. The van der Waals surface area contributed by atoms with E-state index in [4.69, 9.17) is 0 Å². The first-order chi connectivity index (χ1) is 10.1. The number of nitrogens with one attached hydrogen (secondary N) is 2. The maximum atomic E-state index is 11.9. The van der Waals surface area contributed by atoms with Gasteiger partial charge >= 0.3 is 0 Å². The smallest absolute Gasteiger partial charge is 0.180 e. The third-order valence-corrected chi connectivity index (χ3v) is 5.97. The van der Waals surface area contributed by atoms with Gasteiger partial charge < -0.3 is 15.0 Å². The molecule has 1 atom stereocenters. The van der Waals surface area contributed by atoms with Crippen LogP contribution in [0.4, 0.5) is 11.6 Å². The van der Waals surface area contributed by atoms with Crippen molar-refractivity contribution in [2.45, 2.75) is 25.0 Å². The Kier molecular flexibility index (Phi) is 3.71. The van der Waals surface area contributed by atoms with E-state index in [0.717, 1.165) is 18.8 Å². The van der Waals surface area contributed by atoms with Crippen molar-refractivity contribution >= 4 is 27.1 Å². The molecule has 1 saturated heterocycles. The van der Waals surface area contributed by atoms with Crippen molar-refractivity contribution in [1.29, 1.82) is 0 Å². The fourth-order valence-corrected chi connectivity index (χ4v) is 4.38. The Hall–Kier alpha value is -1.83. The van der Waals surface area contributed by atoms with Crippen molar-refractivity contribution in [3.05, 3.63) is 18.6 Å². The molecule has 114 valence electrons. The molecule has 3 rings (SSSR count). The third-order valence-electron chi connectivity index (χ3n) is 3.69. The van der Waals surface area contributed by atoms with Crippen molar-refractivity contribution in [3.8, 4) is 0 Å². The van der Waals surface area contributed by atoms with Gasteiger partial charge in [-0.25, -0.2) is 18.4 Å². The van der Waals surface area contributed by atoms with Crippen LogP contribution in [0.3, 0.4) is 0 Å². The predicted molar refractivity (Wildman–Crippen MR) is 82.4 cm³/mol. The number of rotatable bonds is 5. The molecular formula is C13H19N5O2S. The molecule has 0 aliphatic carbocycles. The van der Waals surface area contributed by atoms with E-state index in [2.05, 4.69) is 20.6 Å². The highest BCUT2D eigenvalue weighted by molar-refractivity contribution is 7.92. The molecule has 8 heteroatoms. The second-order valence-electron chi connectivity index (χ2n) is 5.18. The summed E-state index contributed by atoms with van der Waals surface area (Å²) in [6.45, 7) is 3.15. The highest BCUT2D eigenvalue weighted by Crippen LogP contribution is 2.22. The minimum Gasteiger partial charge on any atom is -0.369 e. The largest absolute Gasteiger partial charge is 0.369 e. The van der Waals surface area contributed by atoms with Gasteiger partial charge in [0.1, 0.15) is 5.82 Å². The molecule has 1 unspecified atom stereocenters. The third kappa shape index (κ3) is 2.80. The maximum absolute atomic E-state index is 11.9. The monoisotopic (exact) mass is 309 g/mol. The van der Waals surface area contributed by atoms with Crippen LogP contribution in [-0.2, 0) is 9.84 Å². The lowest BCUT2D eigenvalue weighted by Crippen LogP contribution is -2.25. The molecule has 0 bridgehead atoms. The van der Waals surface area contributed by atoms with E-state index in [1.807, 2.05) is 23.7 Å². The van der Waals surface area contributed by atoms with Crippen molar-refractivity contribution in [2.75, 3.05) is 29.5 Å². The number of sulfone groups is 1. The van der Waals surface area contributed by atoms with Gasteiger partial charge in [0.2, 0.25) is 0 Å². The van der Waals surface area contributed by atoms with Crippen molar-refractivity contribution in [3.63, 3.8) is 0 Å². The first-order valence-electron chi connectivity index (χ1n) is 7.13. The Morgan fingerprint density at radius 3 is 3.00 bits per heavy atom. The minimum atomic E-state index is -2.95. The van der Waals surface area contributed by atoms with Crippen LogP contribution in [0.2, 0.25) is 0 Å². The van der Waals surface area contributed by atoms with Crippen LogP contribution in [0.5, 0.6) is 0 Å². The summed E-state index contributed by atoms with van der Waals surface area (Å²) in [5.41, 5.74) is 0.701. The first-order valence-corrected chi connectivity index (χ1v) is 8.84. The molecule has 1 aliphatic heterocycles. The standard InChI is InChI=1S/C13H19N5O2S/c1-2-14-11-9-18-6-5-15-13(18)12(17-11)16-8-10-4-3-7-21(10,19)20/h5-6,9-10,14H,2-4,7-8H2,1H3,(H,16,17).